The number of thioether (sulfide) groups is 1. The molecule has 0 saturated heterocycles. The molecule has 0 atom stereocenters. The molecule has 0 N–H and O–H groups in total. The maximum Gasteiger partial charge on any atom is 0.0161 e. The normalized spacial score (nSPS) is 23.2. The number of halogens is 1. The van der Waals surface area contributed by atoms with Gasteiger partial charge in [-0.25, -0.2) is 0 Å². The van der Waals surface area contributed by atoms with E-state index in [0.717, 1.165) is 27.8 Å². The van der Waals surface area contributed by atoms with Crippen LogP contribution in [0.1, 0.15) is 27.2 Å². The van der Waals surface area contributed by atoms with Crippen molar-refractivity contribution in [3.8, 4) is 0 Å². The van der Waals surface area contributed by atoms with E-state index in [1.165, 1.54) is 16.1 Å². The van der Waals surface area contributed by atoms with Crippen molar-refractivity contribution in [1.29, 1.82) is 0 Å². The SMILES string of the molecule is C=C/C1=C(\CC(=C\C)/C(/C=C\C)=C/C=C(\C)Br)SC/C=C\C=C/C1=C. The first-order valence-corrected chi connectivity index (χ1v) is 10.1. The Kier molecular flexibility index (Phi) is 10.3. The molecule has 25 heavy (non-hydrogen) atoms. The van der Waals surface area contributed by atoms with Gasteiger partial charge in [-0.1, -0.05) is 89.8 Å². The molecule has 0 aliphatic carbocycles. The number of hydrogen-bond acceptors (Lipinski definition) is 1. The van der Waals surface area contributed by atoms with Crippen molar-refractivity contribution in [1.82, 2.24) is 0 Å². The molecule has 2 heteroatoms. The Morgan fingerprint density at radius 1 is 1.28 bits per heavy atom. The molecule has 0 nitrogen and oxygen atoms in total. The first kappa shape index (κ1) is 21.5. The fraction of sp³-hybridized carbons (Fsp3) is 0.217. The van der Waals surface area contributed by atoms with Crippen LogP contribution in [0.2, 0.25) is 0 Å². The third-order valence-electron chi connectivity index (χ3n) is 3.66. The highest BCUT2D eigenvalue weighted by molar-refractivity contribution is 9.11. The van der Waals surface area contributed by atoms with E-state index in [1.54, 1.807) is 0 Å². The molecule has 1 aliphatic heterocycles. The van der Waals surface area contributed by atoms with E-state index in [-0.39, 0.29) is 0 Å². The highest BCUT2D eigenvalue weighted by Crippen LogP contribution is 2.34. The topological polar surface area (TPSA) is 0 Å². The monoisotopic (exact) mass is 414 g/mol. The van der Waals surface area contributed by atoms with Gasteiger partial charge in [0.2, 0.25) is 0 Å². The average Bonchev–Trinajstić information content (AvgIpc) is 2.67. The summed E-state index contributed by atoms with van der Waals surface area (Å²) in [5.41, 5.74) is 4.66. The van der Waals surface area contributed by atoms with Gasteiger partial charge >= 0.3 is 0 Å². The van der Waals surface area contributed by atoms with Crippen molar-refractivity contribution < 1.29 is 0 Å². The van der Waals surface area contributed by atoms with E-state index in [4.69, 9.17) is 0 Å². The molecule has 1 heterocycles. The molecular formula is C23H27BrS. The minimum Gasteiger partial charge on any atom is -0.125 e. The third kappa shape index (κ3) is 7.50. The number of hydrogen-bond donors (Lipinski definition) is 0. The summed E-state index contributed by atoms with van der Waals surface area (Å²) in [7, 11) is 0. The van der Waals surface area contributed by atoms with E-state index in [0.29, 0.717) is 0 Å². The molecule has 0 amide bonds. The minimum atomic E-state index is 0.870. The lowest BCUT2D eigenvalue weighted by molar-refractivity contribution is 1.19. The second kappa shape index (κ2) is 11.9. The van der Waals surface area contributed by atoms with Gasteiger partial charge in [-0.3, -0.25) is 0 Å². The summed E-state index contributed by atoms with van der Waals surface area (Å²) in [5, 5.41) is 0. The quantitative estimate of drug-likeness (QED) is 0.396. The molecule has 0 aromatic rings. The van der Waals surface area contributed by atoms with Crippen LogP contribution >= 0.6 is 27.7 Å². The van der Waals surface area contributed by atoms with E-state index in [2.05, 4.69) is 78.5 Å². The van der Waals surface area contributed by atoms with Crippen molar-refractivity contribution in [2.24, 2.45) is 0 Å². The second-order valence-corrected chi connectivity index (χ2v) is 7.90. The summed E-state index contributed by atoms with van der Waals surface area (Å²) < 4.78 is 1.11. The Morgan fingerprint density at radius 2 is 2.04 bits per heavy atom. The van der Waals surface area contributed by atoms with Gasteiger partial charge in [0.05, 0.1) is 0 Å². The Labute approximate surface area is 166 Å². The maximum atomic E-state index is 4.21. The lowest BCUT2D eigenvalue weighted by Crippen LogP contribution is -1.95. The molecule has 0 fully saturated rings. The van der Waals surface area contributed by atoms with E-state index < -0.39 is 0 Å². The zero-order valence-electron chi connectivity index (χ0n) is 15.4. The number of rotatable bonds is 6. The summed E-state index contributed by atoms with van der Waals surface area (Å²) in [4.78, 5) is 1.30. The first-order chi connectivity index (χ1) is 12.0. The summed E-state index contributed by atoms with van der Waals surface area (Å²) in [6.07, 6.45) is 21.8. The smallest absolute Gasteiger partial charge is 0.0161 e. The van der Waals surface area contributed by atoms with Gasteiger partial charge < -0.3 is 0 Å². The van der Waals surface area contributed by atoms with E-state index in [9.17, 15) is 0 Å². The lowest BCUT2D eigenvalue weighted by Gasteiger charge is -2.15. The summed E-state index contributed by atoms with van der Waals surface area (Å²) in [6, 6.07) is 0. The maximum absolute atomic E-state index is 4.21. The van der Waals surface area contributed by atoms with Gasteiger partial charge in [-0.15, -0.1) is 11.8 Å². The highest BCUT2D eigenvalue weighted by atomic mass is 79.9. The van der Waals surface area contributed by atoms with Gasteiger partial charge in [-0.05, 0) is 52.5 Å². The van der Waals surface area contributed by atoms with Crippen LogP contribution in [0, 0.1) is 0 Å². The Bertz CT molecular complexity index is 702. The van der Waals surface area contributed by atoms with Crippen LogP contribution in [0.25, 0.3) is 0 Å². The van der Waals surface area contributed by atoms with E-state index in [1.807, 2.05) is 43.8 Å². The van der Waals surface area contributed by atoms with Crippen LogP contribution in [0.4, 0.5) is 0 Å². The molecule has 132 valence electrons. The van der Waals surface area contributed by atoms with Crippen LogP contribution in [0.5, 0.6) is 0 Å². The van der Waals surface area contributed by atoms with Crippen LogP contribution in [-0.2, 0) is 0 Å². The fourth-order valence-electron chi connectivity index (χ4n) is 2.39. The molecule has 0 aromatic heterocycles. The van der Waals surface area contributed by atoms with Crippen LogP contribution in [0.3, 0.4) is 0 Å². The summed E-state index contributed by atoms with van der Waals surface area (Å²) >= 11 is 5.35. The highest BCUT2D eigenvalue weighted by Gasteiger charge is 2.11. The molecular weight excluding hydrogens is 388 g/mol. The van der Waals surface area contributed by atoms with Crippen LogP contribution < -0.4 is 0 Å². The zero-order chi connectivity index (χ0) is 18.7. The van der Waals surface area contributed by atoms with E-state index >= 15 is 0 Å². The molecule has 0 unspecified atom stereocenters. The van der Waals surface area contributed by atoms with Gasteiger partial charge in [0.1, 0.15) is 0 Å². The predicted octanol–water partition coefficient (Wildman–Crippen LogP) is 7.98. The van der Waals surface area contributed by atoms with Crippen LogP contribution in [0.15, 0.2) is 106 Å². The predicted molar refractivity (Wildman–Crippen MR) is 121 cm³/mol. The first-order valence-electron chi connectivity index (χ1n) is 8.36. The molecule has 0 radical (unpaired) electrons. The molecule has 0 bridgehead atoms. The molecule has 1 aliphatic rings. The molecule has 0 spiro atoms. The number of allylic oxidation sites excluding steroid dienone is 15. The van der Waals surface area contributed by atoms with Crippen molar-refractivity contribution in [3.63, 3.8) is 0 Å². The van der Waals surface area contributed by atoms with Gasteiger partial charge in [0.15, 0.2) is 0 Å². The minimum absolute atomic E-state index is 0.870. The van der Waals surface area contributed by atoms with Gasteiger partial charge in [0, 0.05) is 12.2 Å². The zero-order valence-corrected chi connectivity index (χ0v) is 17.8. The fourth-order valence-corrected chi connectivity index (χ4v) is 3.56. The molecule has 0 saturated carbocycles. The summed E-state index contributed by atoms with van der Waals surface area (Å²) in [6.45, 7) is 14.4. The van der Waals surface area contributed by atoms with Crippen molar-refractivity contribution in [2.75, 3.05) is 5.75 Å². The standard InChI is InChI=1S/C23H27BrS/c1-6-12-21(15-14-19(5)24)20(7-2)17-23-22(8-3)18(4)13-10-9-11-16-25-23/h6-15H,3-4,16-17H2,1-2,5H3/b11-9-,12-6-,13-10-,19-14+,20-7+,21-15+,23-22-. The van der Waals surface area contributed by atoms with Crippen molar-refractivity contribution in [2.45, 2.75) is 27.2 Å². The summed E-state index contributed by atoms with van der Waals surface area (Å²) in [5.74, 6) is 0.949. The molecule has 0 aromatic carbocycles. The third-order valence-corrected chi connectivity index (χ3v) is 4.99. The Balaban J connectivity index is 3.29. The Hall–Kier alpha value is -1.51. The van der Waals surface area contributed by atoms with Crippen molar-refractivity contribution >= 4 is 27.7 Å². The lowest BCUT2D eigenvalue weighted by atomic mass is 9.97. The second-order valence-electron chi connectivity index (χ2n) is 5.53. The largest absolute Gasteiger partial charge is 0.125 e. The van der Waals surface area contributed by atoms with Gasteiger partial charge in [-0.2, -0.15) is 0 Å². The molecule has 1 rings (SSSR count). The van der Waals surface area contributed by atoms with Gasteiger partial charge in [0.25, 0.3) is 0 Å². The van der Waals surface area contributed by atoms with Crippen LogP contribution in [-0.4, -0.2) is 5.75 Å². The Morgan fingerprint density at radius 3 is 2.64 bits per heavy atom. The van der Waals surface area contributed by atoms with Crippen molar-refractivity contribution in [3.05, 3.63) is 106 Å². The average molecular weight is 415 g/mol.